The molecule has 1 heterocycles. The molecule has 570 valence electrons. The van der Waals surface area contributed by atoms with Crippen molar-refractivity contribution < 1.29 is 83.0 Å². The molecule has 1 aliphatic heterocycles. The van der Waals surface area contributed by atoms with Crippen molar-refractivity contribution in [3.8, 4) is 0 Å². The molecule has 96 heavy (non-hydrogen) atoms. The van der Waals surface area contributed by atoms with Crippen LogP contribution in [0.15, 0.2) is 41.4 Å². The zero-order valence-corrected chi connectivity index (χ0v) is 76.4. The van der Waals surface area contributed by atoms with Gasteiger partial charge in [0.25, 0.3) is 10.1 Å². The van der Waals surface area contributed by atoms with Crippen LogP contribution in [-0.2, 0) is 74.8 Å². The van der Waals surface area contributed by atoms with E-state index in [1.807, 2.05) is 6.92 Å². The van der Waals surface area contributed by atoms with Crippen molar-refractivity contribution in [2.75, 3.05) is 78.4 Å². The highest BCUT2D eigenvalue weighted by atomic mass is 35.7. The molecule has 0 aromatic carbocycles. The summed E-state index contributed by atoms with van der Waals surface area (Å²) in [6, 6.07) is 13.6. The fraction of sp³-hybridized carbons (Fsp3) is 0.828. The molecule has 20 nitrogen and oxygen atoms in total. The molecule has 1 atom stereocenters. The molecule has 1 unspecified atom stereocenters. The van der Waals surface area contributed by atoms with Gasteiger partial charge in [-0.25, -0.2) is 18.6 Å². The van der Waals surface area contributed by atoms with E-state index < -0.39 is 94.3 Å². The van der Waals surface area contributed by atoms with E-state index in [0.717, 1.165) is 101 Å². The minimum Gasteiger partial charge on any atom is -0.479 e. The van der Waals surface area contributed by atoms with Gasteiger partial charge in [-0.1, -0.05) is 95.3 Å². The Morgan fingerprint density at radius 2 is 0.802 bits per heavy atom. The molecule has 0 bridgehead atoms. The zero-order valence-electron chi connectivity index (χ0n) is 65.0. The minimum absolute atomic E-state index is 0. The molecule has 0 aromatic heterocycles. The summed E-state index contributed by atoms with van der Waals surface area (Å²) < 4.78 is 76.9. The quantitative estimate of drug-likeness (QED) is 0.0109. The number of rotatable bonds is 44. The third-order valence-corrected chi connectivity index (χ3v) is 49.8. The maximum Gasteiger partial charge on any atom is 0.333 e. The number of carbonyl (C=O) groups is 4. The van der Waals surface area contributed by atoms with Gasteiger partial charge in [-0.3, -0.25) is 14.0 Å². The maximum atomic E-state index is 11.6. The van der Waals surface area contributed by atoms with Crippen LogP contribution in [0.5, 0.6) is 0 Å². The number of esters is 3. The second-order valence-electron chi connectivity index (χ2n) is 31.3. The van der Waals surface area contributed by atoms with E-state index in [1.54, 1.807) is 32.6 Å². The van der Waals surface area contributed by atoms with E-state index in [4.69, 9.17) is 56.4 Å². The lowest BCUT2D eigenvalue weighted by atomic mass is 10.4. The van der Waals surface area contributed by atoms with E-state index in [-0.39, 0.29) is 42.5 Å². The molecule has 0 spiro atoms. The Kier molecular flexibility index (Phi) is 54.8. The fourth-order valence-corrected chi connectivity index (χ4v) is 53.5. The second kappa shape index (κ2) is 50.9. The zero-order chi connectivity index (χ0) is 74.9. The van der Waals surface area contributed by atoms with Gasteiger partial charge in [0.1, 0.15) is 16.6 Å². The van der Waals surface area contributed by atoms with Crippen molar-refractivity contribution in [3.05, 3.63) is 36.5 Å². The first-order chi connectivity index (χ1) is 43.0. The summed E-state index contributed by atoms with van der Waals surface area (Å²) in [6.45, 7) is 65.8. The van der Waals surface area contributed by atoms with Crippen molar-refractivity contribution in [1.29, 1.82) is 0 Å². The molecule has 32 heteroatoms. The Bertz CT molecular complexity index is 2450. The second-order valence-corrected chi connectivity index (χ2v) is 77.6. The van der Waals surface area contributed by atoms with Crippen LogP contribution in [0.25, 0.3) is 0 Å². The molecular formula is C64H141ClN2O18S2Si9. The lowest BCUT2D eigenvalue weighted by molar-refractivity contribution is -0.139. The average molecular weight is 1580 g/mol. The van der Waals surface area contributed by atoms with E-state index in [9.17, 15) is 31.8 Å². The summed E-state index contributed by atoms with van der Waals surface area (Å²) in [5.74, 6) is -0.0727. The number of hydrogen-bond acceptors (Lipinski definition) is 18. The highest BCUT2D eigenvalue weighted by molar-refractivity contribution is 8.07. The number of halogens is 1. The molecule has 1 amide bonds. The summed E-state index contributed by atoms with van der Waals surface area (Å²) in [5.41, 5.74) is 1.32. The molecule has 1 rings (SSSR count). The standard InChI is InChI=1S/C22H47NO5Si3.C19H42O6SSi3.C18H40O4Si3.C4H7NO.CH3ClOS.H2O/c1-20(2)22(26)27-15-11-17-30(6,7)28-31(8,9)19-18-29(4,5)16-10-12-23(13-14-24)21(3)25;1-18(2)19(20)23-12-10-15-28(6,7)25-29(8,9)17-16-27(4,5)14-11-13-24-26(3,21)22;1-17(2)18(20)21-12-10-14-24(5,6)22-25(7,8)16-15-23(3,4)13-9-11-19;1-4-5-2-3-6-4;1-4(2)3;/h24H,1,10-19H2,2-9H3;1,10-17H2,2-9H3;19H,1,9-16H2,2-8H3;2-3H2,1H3;1H3;1H2. The highest BCUT2D eigenvalue weighted by Crippen LogP contribution is 2.32. The van der Waals surface area contributed by atoms with E-state index in [0.29, 0.717) is 49.7 Å². The van der Waals surface area contributed by atoms with Gasteiger partial charge in [-0.15, -0.1) is 0 Å². The molecule has 0 aromatic rings. The number of amides is 1. The molecule has 1 aliphatic rings. The van der Waals surface area contributed by atoms with Crippen molar-refractivity contribution in [2.24, 2.45) is 4.99 Å². The lowest BCUT2D eigenvalue weighted by Crippen LogP contribution is -2.45. The Hall–Kier alpha value is -1.37. The Labute approximate surface area is 601 Å². The smallest absolute Gasteiger partial charge is 0.333 e. The van der Waals surface area contributed by atoms with Crippen LogP contribution in [0.4, 0.5) is 0 Å². The van der Waals surface area contributed by atoms with Crippen molar-refractivity contribution >= 4 is 135 Å². The lowest BCUT2D eigenvalue weighted by Gasteiger charge is -2.36. The van der Waals surface area contributed by atoms with Crippen LogP contribution in [0.3, 0.4) is 0 Å². The van der Waals surface area contributed by atoms with Gasteiger partial charge in [0.15, 0.2) is 55.8 Å². The molecule has 0 radical (unpaired) electrons. The number of ether oxygens (including phenoxy) is 4. The van der Waals surface area contributed by atoms with Gasteiger partial charge < -0.3 is 51.9 Å². The first-order valence-corrected chi connectivity index (χ1v) is 67.2. The minimum atomic E-state index is -3.34. The SMILES string of the molecule is C=C(C)C(=O)OCCC[Si](C)(C)O[Si](C)(C)CC[Si](C)(C)CCCN(CCO)C(C)=O.C=C(C)C(=O)OCCC[Si](C)(C)O[Si](C)(C)CC[Si](C)(C)CCCO.C=C(C)C(=O)OCCC[Si](C)(C)O[Si](C)(C)CC[Si](C)(C)CCCOS(C)(=O)=O.CC1=NCCO1.CS(=O)Cl.O. The van der Waals surface area contributed by atoms with Crippen LogP contribution in [-0.4, -0.2) is 215 Å². The van der Waals surface area contributed by atoms with Crippen LogP contribution in [0, 0.1) is 0 Å². The van der Waals surface area contributed by atoms with Crippen LogP contribution < -0.4 is 0 Å². The van der Waals surface area contributed by atoms with E-state index >= 15 is 0 Å². The Morgan fingerprint density at radius 1 is 0.510 bits per heavy atom. The topological polar surface area (TPSA) is 281 Å². The number of aliphatic hydroxyl groups excluding tert-OH is 2. The van der Waals surface area contributed by atoms with Gasteiger partial charge in [-0.2, -0.15) is 8.42 Å². The summed E-state index contributed by atoms with van der Waals surface area (Å²) in [6.07, 6.45) is 7.75. The summed E-state index contributed by atoms with van der Waals surface area (Å²) in [4.78, 5) is 51.6. The summed E-state index contributed by atoms with van der Waals surface area (Å²) in [5, 5.41) is 18.2. The summed E-state index contributed by atoms with van der Waals surface area (Å²) in [7, 11) is -14.3. The third-order valence-electron chi connectivity index (χ3n) is 15.5. The van der Waals surface area contributed by atoms with Gasteiger partial charge in [0, 0.05) is 80.7 Å². The van der Waals surface area contributed by atoms with Gasteiger partial charge >= 0.3 is 17.9 Å². The number of aliphatic imine (C=N–C) groups is 1. The Morgan fingerprint density at radius 3 is 1.04 bits per heavy atom. The first kappa shape index (κ1) is 103. The third kappa shape index (κ3) is 65.9. The van der Waals surface area contributed by atoms with Crippen molar-refractivity contribution in [3.63, 3.8) is 0 Å². The van der Waals surface area contributed by atoms with Gasteiger partial charge in [0.05, 0.1) is 45.8 Å². The molecule has 0 fully saturated rings. The number of hydrogen-bond donors (Lipinski definition) is 2. The maximum absolute atomic E-state index is 11.6. The van der Waals surface area contributed by atoms with Crippen LogP contribution in [0.2, 0.25) is 190 Å². The summed E-state index contributed by atoms with van der Waals surface area (Å²) >= 11 is 0. The fourth-order valence-electron chi connectivity index (χ4n) is 10.3. The van der Waals surface area contributed by atoms with Crippen molar-refractivity contribution in [1.82, 2.24) is 4.90 Å². The van der Waals surface area contributed by atoms with Crippen LogP contribution >= 0.6 is 10.7 Å². The molecule has 0 saturated carbocycles. The van der Waals surface area contributed by atoms with E-state index in [2.05, 4.69) is 143 Å². The Balaban J connectivity index is -0.000000399. The van der Waals surface area contributed by atoms with Gasteiger partial charge in [-0.05, 0) is 185 Å². The predicted molar refractivity (Wildman–Crippen MR) is 428 cm³/mol. The number of aliphatic hydroxyl groups is 2. The highest BCUT2D eigenvalue weighted by Gasteiger charge is 2.38. The van der Waals surface area contributed by atoms with E-state index in [1.165, 1.54) is 48.6 Å². The predicted octanol–water partition coefficient (Wildman–Crippen LogP) is 15.0. The van der Waals surface area contributed by atoms with Crippen LogP contribution in [0.1, 0.15) is 73.1 Å². The molecular weight excluding hydrogens is 1440 g/mol. The number of nitrogens with zero attached hydrogens (tertiary/aromatic N) is 2. The van der Waals surface area contributed by atoms with Gasteiger partial charge in [0.2, 0.25) is 5.91 Å². The largest absolute Gasteiger partial charge is 0.479 e. The molecule has 4 N–H and O–H groups in total. The molecule has 0 saturated heterocycles. The molecule has 0 aliphatic carbocycles. The number of carbonyl (C=O) groups excluding carboxylic acids is 4. The first-order valence-electron chi connectivity index (χ1n) is 34.0. The van der Waals surface area contributed by atoms with Crippen molar-refractivity contribution in [2.45, 2.75) is 264 Å². The monoisotopic (exact) mass is 1580 g/mol. The normalized spacial score (nSPS) is 13.4. The average Bonchev–Trinajstić information content (AvgIpc) is 1.03.